The number of hydrogen-bond donors (Lipinski definition) is 3. The lowest BCUT2D eigenvalue weighted by atomic mass is 10.1. The van der Waals surface area contributed by atoms with Crippen molar-refractivity contribution in [3.8, 4) is 0 Å². The monoisotopic (exact) mass is 466 g/mol. The number of β-lactam (4-membered cyclic amide) rings is 1. The quantitative estimate of drug-likeness (QED) is 0.300. The zero-order chi connectivity index (χ0) is 23.7. The number of benzene rings is 1. The zero-order valence-electron chi connectivity index (χ0n) is 16.9. The molecular formula is C19H22N4O8S. The summed E-state index contributed by atoms with van der Waals surface area (Å²) < 4.78 is 36.1. The molecule has 2 aromatic rings. The van der Waals surface area contributed by atoms with Gasteiger partial charge >= 0.3 is 22.4 Å². The van der Waals surface area contributed by atoms with E-state index in [1.54, 1.807) is 42.7 Å². The van der Waals surface area contributed by atoms with Gasteiger partial charge in [0.15, 0.2) is 6.04 Å². The van der Waals surface area contributed by atoms with Crippen LogP contribution in [0.25, 0.3) is 0 Å². The first kappa shape index (κ1) is 24.7. The number of hydrogen-bond acceptors (Lipinski definition) is 8. The number of aromatic nitrogens is 1. The first-order chi connectivity index (χ1) is 15.1. The smallest absolute Gasteiger partial charge is 0.425 e. The normalized spacial score (nSPS) is 16.1. The highest BCUT2D eigenvalue weighted by Gasteiger charge is 2.49. The fraction of sp³-hybridized carbons (Fsp3) is 0.263. The lowest BCUT2D eigenvalue weighted by molar-refractivity contribution is -0.148. The fourth-order valence-corrected chi connectivity index (χ4v) is 3.09. The second-order valence-electron chi connectivity index (χ2n) is 6.49. The van der Waals surface area contributed by atoms with E-state index in [1.807, 2.05) is 18.2 Å². The molecule has 12 nitrogen and oxygen atoms in total. The Balaban J connectivity index is 0.000000520. The molecule has 13 heteroatoms. The average Bonchev–Trinajstić information content (AvgIpc) is 2.77. The third kappa shape index (κ3) is 7.01. The molecule has 32 heavy (non-hydrogen) atoms. The summed E-state index contributed by atoms with van der Waals surface area (Å²) in [6.45, 7) is 0.559. The second kappa shape index (κ2) is 11.2. The molecule has 1 unspecified atom stereocenters. The van der Waals surface area contributed by atoms with Crippen molar-refractivity contribution in [2.75, 3.05) is 6.54 Å². The Labute approximate surface area is 184 Å². The highest BCUT2D eigenvalue weighted by molar-refractivity contribution is 7.84. The van der Waals surface area contributed by atoms with Crippen LogP contribution in [-0.2, 0) is 31.2 Å². The van der Waals surface area contributed by atoms with E-state index >= 15 is 0 Å². The molecule has 0 aliphatic carbocycles. The van der Waals surface area contributed by atoms with Gasteiger partial charge in [0.2, 0.25) is 0 Å². The van der Waals surface area contributed by atoms with Crippen molar-refractivity contribution in [2.24, 2.45) is 0 Å². The minimum Gasteiger partial charge on any atom is -0.480 e. The molecule has 0 spiro atoms. The molecule has 2 amide bonds. The summed E-state index contributed by atoms with van der Waals surface area (Å²) >= 11 is 0. The van der Waals surface area contributed by atoms with E-state index in [0.29, 0.717) is 10.6 Å². The maximum absolute atomic E-state index is 12.3. The van der Waals surface area contributed by atoms with Gasteiger partial charge in [0, 0.05) is 12.4 Å². The zero-order valence-corrected chi connectivity index (χ0v) is 17.8. The van der Waals surface area contributed by atoms with Gasteiger partial charge in [-0.3, -0.25) is 19.1 Å². The highest BCUT2D eigenvalue weighted by Crippen LogP contribution is 2.20. The van der Waals surface area contributed by atoms with Crippen LogP contribution in [-0.4, -0.2) is 69.0 Å². The van der Waals surface area contributed by atoms with Crippen LogP contribution < -0.4 is 5.43 Å². The van der Waals surface area contributed by atoms with Crippen molar-refractivity contribution in [1.29, 1.82) is 0 Å². The average molecular weight is 466 g/mol. The van der Waals surface area contributed by atoms with Gasteiger partial charge in [-0.2, -0.15) is 8.42 Å². The van der Waals surface area contributed by atoms with Crippen LogP contribution in [0.15, 0.2) is 60.9 Å². The van der Waals surface area contributed by atoms with E-state index in [2.05, 4.69) is 10.4 Å². The van der Waals surface area contributed by atoms with Crippen molar-refractivity contribution in [1.82, 2.24) is 19.7 Å². The van der Waals surface area contributed by atoms with Gasteiger partial charge in [0.25, 0.3) is 5.91 Å². The van der Waals surface area contributed by atoms with Crippen LogP contribution in [0.3, 0.4) is 0 Å². The van der Waals surface area contributed by atoms with Crippen LogP contribution in [0.4, 0.5) is 4.79 Å². The number of pyridine rings is 1. The Kier molecular flexibility index (Phi) is 8.63. The summed E-state index contributed by atoms with van der Waals surface area (Å²) in [7, 11) is -4.75. The van der Waals surface area contributed by atoms with E-state index in [-0.39, 0.29) is 10.9 Å². The standard InChI is InChI=1S/C14H17N3O8S.C5H5N/c1-9(13(19)20)15-17(11-7-16(12(11)18)26(22,23)24)14(21)25-8-10-5-3-2-4-6-10;1-2-4-6-5-3-1/h2-6,9,11,15H,7-8H2,1H3,(H,19,20)(H,22,23,24);1-5H/t9-,11?;/m1./s1. The predicted octanol–water partition coefficient (Wildman–Crippen LogP) is 0.698. The van der Waals surface area contributed by atoms with E-state index < -0.39 is 46.9 Å². The largest absolute Gasteiger partial charge is 0.480 e. The molecule has 0 bridgehead atoms. The first-order valence-electron chi connectivity index (χ1n) is 9.24. The summed E-state index contributed by atoms with van der Waals surface area (Å²) in [5.74, 6) is -2.39. The highest BCUT2D eigenvalue weighted by atomic mass is 32.2. The number of ether oxygens (including phenoxy) is 1. The minimum absolute atomic E-state index is 0.137. The van der Waals surface area contributed by atoms with E-state index in [4.69, 9.17) is 14.4 Å². The Morgan fingerprint density at radius 2 is 1.81 bits per heavy atom. The van der Waals surface area contributed by atoms with E-state index in [1.165, 1.54) is 6.92 Å². The van der Waals surface area contributed by atoms with Crippen molar-refractivity contribution in [3.63, 3.8) is 0 Å². The summed E-state index contributed by atoms with van der Waals surface area (Å²) in [6, 6.07) is 11.7. The van der Waals surface area contributed by atoms with E-state index in [9.17, 15) is 22.8 Å². The van der Waals surface area contributed by atoms with Crippen LogP contribution in [0.5, 0.6) is 0 Å². The van der Waals surface area contributed by atoms with Crippen molar-refractivity contribution in [3.05, 3.63) is 66.5 Å². The Bertz CT molecular complexity index is 993. The first-order valence-corrected chi connectivity index (χ1v) is 10.6. The van der Waals surface area contributed by atoms with Crippen LogP contribution in [0, 0.1) is 0 Å². The number of amides is 2. The molecule has 1 fully saturated rings. The minimum atomic E-state index is -4.75. The van der Waals surface area contributed by atoms with Crippen molar-refractivity contribution >= 4 is 28.3 Å². The molecule has 1 aromatic carbocycles. The number of carboxylic acids is 1. The number of aliphatic carboxylic acids is 1. The number of carbonyl (C=O) groups is 3. The molecule has 1 aliphatic heterocycles. The van der Waals surface area contributed by atoms with Crippen molar-refractivity contribution in [2.45, 2.75) is 25.6 Å². The molecule has 2 heterocycles. The van der Waals surface area contributed by atoms with Gasteiger partial charge in [-0.25, -0.2) is 19.5 Å². The lowest BCUT2D eigenvalue weighted by Gasteiger charge is -2.41. The Morgan fingerprint density at radius 1 is 1.22 bits per heavy atom. The number of carbonyl (C=O) groups excluding carboxylic acids is 2. The molecular weight excluding hydrogens is 444 g/mol. The van der Waals surface area contributed by atoms with Gasteiger partial charge in [-0.15, -0.1) is 0 Å². The molecule has 1 saturated heterocycles. The maximum atomic E-state index is 12.3. The second-order valence-corrected chi connectivity index (χ2v) is 7.82. The fourth-order valence-electron chi connectivity index (χ4n) is 2.41. The van der Waals surface area contributed by atoms with Gasteiger partial charge in [-0.1, -0.05) is 36.4 Å². The number of rotatable bonds is 7. The van der Waals surface area contributed by atoms with Gasteiger partial charge in [0.1, 0.15) is 12.6 Å². The van der Waals surface area contributed by atoms with E-state index in [0.717, 1.165) is 0 Å². The summed E-state index contributed by atoms with van der Waals surface area (Å²) in [4.78, 5) is 39.0. The lowest BCUT2D eigenvalue weighted by Crippen LogP contribution is -2.70. The molecule has 1 aliphatic rings. The summed E-state index contributed by atoms with van der Waals surface area (Å²) in [5, 5.41) is 9.58. The van der Waals surface area contributed by atoms with Crippen LogP contribution in [0.1, 0.15) is 12.5 Å². The summed E-state index contributed by atoms with van der Waals surface area (Å²) in [5.41, 5.74) is 2.95. The SMILES string of the molecule is C[C@@H](NN(C(=O)OCc1ccccc1)C1CN(S(=O)(=O)O)C1=O)C(=O)O.c1ccncc1. The number of carboxylic acid groups (broad SMARTS) is 1. The number of hydrazine groups is 1. The molecule has 172 valence electrons. The van der Waals surface area contributed by atoms with Gasteiger partial charge < -0.3 is 9.84 Å². The van der Waals surface area contributed by atoms with Crippen LogP contribution >= 0.6 is 0 Å². The third-order valence-corrected chi connectivity index (χ3v) is 5.02. The van der Waals surface area contributed by atoms with Crippen molar-refractivity contribution < 1.29 is 37.2 Å². The molecule has 2 atom stereocenters. The Hall–Kier alpha value is -3.55. The third-order valence-electron chi connectivity index (χ3n) is 4.13. The molecule has 0 radical (unpaired) electrons. The van der Waals surface area contributed by atoms with Gasteiger partial charge in [0.05, 0.1) is 6.54 Å². The summed E-state index contributed by atoms with van der Waals surface area (Å²) in [6.07, 6.45) is 2.44. The molecule has 1 aromatic heterocycles. The number of nitrogens with zero attached hydrogens (tertiary/aromatic N) is 3. The Morgan fingerprint density at radius 3 is 2.25 bits per heavy atom. The maximum Gasteiger partial charge on any atom is 0.425 e. The number of nitrogens with one attached hydrogen (secondary N) is 1. The van der Waals surface area contributed by atoms with Gasteiger partial charge in [-0.05, 0) is 24.6 Å². The molecule has 0 saturated carbocycles. The predicted molar refractivity (Wildman–Crippen MR) is 110 cm³/mol. The molecule has 3 rings (SSSR count). The topological polar surface area (TPSA) is 166 Å². The molecule has 3 N–H and O–H groups in total. The van der Waals surface area contributed by atoms with Crippen LogP contribution in [0.2, 0.25) is 0 Å².